The SMILES string of the molecule is CSc1cccc(Nc2cc(C(F)(F)F)nc(N)n2)c1. The highest BCUT2D eigenvalue weighted by atomic mass is 32.2. The first-order chi connectivity index (χ1) is 9.38. The highest BCUT2D eigenvalue weighted by Gasteiger charge is 2.33. The highest BCUT2D eigenvalue weighted by molar-refractivity contribution is 7.98. The van der Waals surface area contributed by atoms with Gasteiger partial charge in [0, 0.05) is 16.6 Å². The summed E-state index contributed by atoms with van der Waals surface area (Å²) in [6.45, 7) is 0. The van der Waals surface area contributed by atoms with Gasteiger partial charge < -0.3 is 11.1 Å². The van der Waals surface area contributed by atoms with Gasteiger partial charge in [0.15, 0.2) is 5.69 Å². The quantitative estimate of drug-likeness (QED) is 0.849. The van der Waals surface area contributed by atoms with Gasteiger partial charge in [-0.1, -0.05) is 6.07 Å². The molecule has 1 aromatic heterocycles. The first-order valence-electron chi connectivity index (χ1n) is 5.51. The summed E-state index contributed by atoms with van der Waals surface area (Å²) in [4.78, 5) is 7.90. The van der Waals surface area contributed by atoms with Gasteiger partial charge >= 0.3 is 6.18 Å². The van der Waals surface area contributed by atoms with Crippen LogP contribution in [0.4, 0.5) is 30.6 Å². The molecular formula is C12H11F3N4S. The minimum atomic E-state index is -4.56. The van der Waals surface area contributed by atoms with Crippen LogP contribution < -0.4 is 11.1 Å². The van der Waals surface area contributed by atoms with E-state index in [0.717, 1.165) is 11.0 Å². The van der Waals surface area contributed by atoms with Crippen LogP contribution in [0.1, 0.15) is 5.69 Å². The number of hydrogen-bond donors (Lipinski definition) is 2. The van der Waals surface area contributed by atoms with E-state index < -0.39 is 17.8 Å². The van der Waals surface area contributed by atoms with E-state index in [4.69, 9.17) is 5.73 Å². The Bertz CT molecular complexity index is 616. The average Bonchev–Trinajstić information content (AvgIpc) is 2.37. The number of nitrogen functional groups attached to an aromatic ring is 1. The van der Waals surface area contributed by atoms with Crippen LogP contribution in [-0.4, -0.2) is 16.2 Å². The topological polar surface area (TPSA) is 63.8 Å². The van der Waals surface area contributed by atoms with E-state index in [1.54, 1.807) is 18.2 Å². The molecule has 3 N–H and O–H groups in total. The molecule has 0 radical (unpaired) electrons. The van der Waals surface area contributed by atoms with E-state index in [1.165, 1.54) is 11.8 Å². The van der Waals surface area contributed by atoms with Gasteiger partial charge in [-0.05, 0) is 24.5 Å². The summed E-state index contributed by atoms with van der Waals surface area (Å²) < 4.78 is 37.9. The summed E-state index contributed by atoms with van der Waals surface area (Å²) in [7, 11) is 0. The number of hydrogen-bond acceptors (Lipinski definition) is 5. The van der Waals surface area contributed by atoms with Crippen molar-refractivity contribution in [2.24, 2.45) is 0 Å². The molecule has 4 nitrogen and oxygen atoms in total. The fourth-order valence-electron chi connectivity index (χ4n) is 1.52. The molecule has 0 atom stereocenters. The van der Waals surface area contributed by atoms with E-state index in [1.807, 2.05) is 12.3 Å². The Kier molecular flexibility index (Phi) is 4.03. The van der Waals surface area contributed by atoms with Gasteiger partial charge in [0.2, 0.25) is 5.95 Å². The van der Waals surface area contributed by atoms with E-state index in [2.05, 4.69) is 15.3 Å². The number of anilines is 3. The molecule has 0 spiro atoms. The molecule has 0 bridgehead atoms. The zero-order chi connectivity index (χ0) is 14.8. The zero-order valence-corrected chi connectivity index (χ0v) is 11.2. The van der Waals surface area contributed by atoms with Crippen LogP contribution in [0.5, 0.6) is 0 Å². The van der Waals surface area contributed by atoms with E-state index in [-0.39, 0.29) is 5.82 Å². The molecule has 0 unspecified atom stereocenters. The molecule has 0 aliphatic rings. The van der Waals surface area contributed by atoms with E-state index in [9.17, 15) is 13.2 Å². The van der Waals surface area contributed by atoms with Crippen LogP contribution in [0.2, 0.25) is 0 Å². The molecule has 20 heavy (non-hydrogen) atoms. The number of rotatable bonds is 3. The largest absolute Gasteiger partial charge is 0.433 e. The summed E-state index contributed by atoms with van der Waals surface area (Å²) in [6, 6.07) is 8.04. The van der Waals surface area contributed by atoms with Crippen LogP contribution in [0, 0.1) is 0 Å². The second kappa shape index (κ2) is 5.58. The van der Waals surface area contributed by atoms with Crippen molar-refractivity contribution in [1.82, 2.24) is 9.97 Å². The zero-order valence-electron chi connectivity index (χ0n) is 10.4. The van der Waals surface area contributed by atoms with Crippen LogP contribution in [-0.2, 0) is 6.18 Å². The van der Waals surface area contributed by atoms with E-state index >= 15 is 0 Å². The van der Waals surface area contributed by atoms with Crippen molar-refractivity contribution in [3.8, 4) is 0 Å². The summed E-state index contributed by atoms with van der Waals surface area (Å²) >= 11 is 1.53. The van der Waals surface area contributed by atoms with Crippen LogP contribution in [0.3, 0.4) is 0 Å². The number of thioether (sulfide) groups is 1. The minimum Gasteiger partial charge on any atom is -0.368 e. The average molecular weight is 300 g/mol. The fourth-order valence-corrected chi connectivity index (χ4v) is 1.98. The predicted octanol–water partition coefficient (Wildman–Crippen LogP) is 3.54. The maximum absolute atomic E-state index is 12.6. The Hall–Kier alpha value is -1.96. The number of aromatic nitrogens is 2. The molecule has 0 aliphatic heterocycles. The Balaban J connectivity index is 2.31. The predicted molar refractivity (Wildman–Crippen MR) is 73.0 cm³/mol. The maximum Gasteiger partial charge on any atom is 0.433 e. The number of nitrogens with two attached hydrogens (primary N) is 1. The third-order valence-corrected chi connectivity index (χ3v) is 3.10. The fraction of sp³-hybridized carbons (Fsp3) is 0.167. The summed E-state index contributed by atoms with van der Waals surface area (Å²) in [5.41, 5.74) is 4.85. The van der Waals surface area contributed by atoms with Crippen LogP contribution in [0.25, 0.3) is 0 Å². The summed E-state index contributed by atoms with van der Waals surface area (Å²) in [5, 5.41) is 2.79. The van der Waals surface area contributed by atoms with Gasteiger partial charge in [-0.3, -0.25) is 0 Å². The van der Waals surface area contributed by atoms with Crippen molar-refractivity contribution in [2.45, 2.75) is 11.1 Å². The molecule has 0 saturated heterocycles. The van der Waals surface area contributed by atoms with E-state index in [0.29, 0.717) is 5.69 Å². The Morgan fingerprint density at radius 2 is 1.95 bits per heavy atom. The van der Waals surface area contributed by atoms with Crippen molar-refractivity contribution in [3.05, 3.63) is 36.0 Å². The summed E-state index contributed by atoms with van der Waals surface area (Å²) in [5.74, 6) is -0.425. The lowest BCUT2D eigenvalue weighted by Gasteiger charge is -2.10. The van der Waals surface area contributed by atoms with Crippen molar-refractivity contribution in [3.63, 3.8) is 0 Å². The van der Waals surface area contributed by atoms with Gasteiger partial charge in [-0.2, -0.15) is 18.2 Å². The van der Waals surface area contributed by atoms with Crippen LogP contribution >= 0.6 is 11.8 Å². The molecule has 0 saturated carbocycles. The molecule has 1 aromatic carbocycles. The van der Waals surface area contributed by atoms with Gasteiger partial charge in [0.25, 0.3) is 0 Å². The third-order valence-electron chi connectivity index (χ3n) is 2.38. The number of nitrogens with zero attached hydrogens (tertiary/aromatic N) is 2. The Morgan fingerprint density at radius 3 is 2.60 bits per heavy atom. The highest BCUT2D eigenvalue weighted by Crippen LogP contribution is 2.30. The molecule has 8 heteroatoms. The third kappa shape index (κ3) is 3.53. The number of alkyl halides is 3. The first kappa shape index (κ1) is 14.4. The maximum atomic E-state index is 12.6. The number of nitrogens with one attached hydrogen (secondary N) is 1. The molecule has 0 fully saturated rings. The Labute approximate surface area is 117 Å². The summed E-state index contributed by atoms with van der Waals surface area (Å²) in [6.07, 6.45) is -2.65. The standard InChI is InChI=1S/C12H11F3N4S/c1-20-8-4-2-3-7(5-8)17-10-6-9(12(13,14)15)18-11(16)19-10/h2-6H,1H3,(H3,16,17,18,19). The van der Waals surface area contributed by atoms with Gasteiger partial charge in [0.05, 0.1) is 0 Å². The molecule has 2 aromatic rings. The lowest BCUT2D eigenvalue weighted by molar-refractivity contribution is -0.141. The van der Waals surface area contributed by atoms with Crippen molar-refractivity contribution >= 4 is 29.2 Å². The molecule has 1 heterocycles. The number of halogens is 3. The lowest BCUT2D eigenvalue weighted by atomic mass is 10.3. The second-order valence-corrected chi connectivity index (χ2v) is 4.73. The molecule has 106 valence electrons. The second-order valence-electron chi connectivity index (χ2n) is 3.85. The Morgan fingerprint density at radius 1 is 1.20 bits per heavy atom. The van der Waals surface area contributed by atoms with Crippen molar-refractivity contribution in [1.29, 1.82) is 0 Å². The molecule has 0 amide bonds. The number of benzene rings is 1. The van der Waals surface area contributed by atoms with Gasteiger partial charge in [-0.15, -0.1) is 11.8 Å². The van der Waals surface area contributed by atoms with Gasteiger partial charge in [0.1, 0.15) is 5.82 Å². The first-order valence-corrected chi connectivity index (χ1v) is 6.74. The molecule has 0 aliphatic carbocycles. The van der Waals surface area contributed by atoms with Crippen molar-refractivity contribution < 1.29 is 13.2 Å². The lowest BCUT2D eigenvalue weighted by Crippen LogP contribution is -2.12. The van der Waals surface area contributed by atoms with Crippen LogP contribution in [0.15, 0.2) is 35.2 Å². The monoisotopic (exact) mass is 300 g/mol. The minimum absolute atomic E-state index is 0.00285. The van der Waals surface area contributed by atoms with Crippen molar-refractivity contribution in [2.75, 3.05) is 17.3 Å². The smallest absolute Gasteiger partial charge is 0.368 e. The van der Waals surface area contributed by atoms with Gasteiger partial charge in [-0.25, -0.2) is 4.98 Å². The molecular weight excluding hydrogens is 289 g/mol. The normalized spacial score (nSPS) is 11.4. The molecule has 2 rings (SSSR count).